The third-order valence-corrected chi connectivity index (χ3v) is 6.22. The number of esters is 1. The third kappa shape index (κ3) is 3.01. The van der Waals surface area contributed by atoms with Crippen LogP contribution in [-0.2, 0) is 16.0 Å². The van der Waals surface area contributed by atoms with Crippen LogP contribution in [0.3, 0.4) is 0 Å². The van der Waals surface area contributed by atoms with E-state index in [-0.39, 0.29) is 11.9 Å². The van der Waals surface area contributed by atoms with Gasteiger partial charge in [0.25, 0.3) is 0 Å². The number of allylic oxidation sites excluding steroid dienone is 1. The van der Waals surface area contributed by atoms with Gasteiger partial charge in [0, 0.05) is 34.0 Å². The first-order chi connectivity index (χ1) is 14.2. The van der Waals surface area contributed by atoms with Gasteiger partial charge in [0.1, 0.15) is 0 Å². The smallest absolute Gasteiger partial charge is 0.337 e. The summed E-state index contributed by atoms with van der Waals surface area (Å²) < 4.78 is 6.53. The monoisotopic (exact) mass is 448 g/mol. The number of aromatic nitrogens is 1. The number of halogens is 1. The Morgan fingerprint density at radius 3 is 2.79 bits per heavy atom. The highest BCUT2D eigenvalue weighted by Gasteiger charge is 2.36. The van der Waals surface area contributed by atoms with Crippen molar-refractivity contribution in [3.8, 4) is 0 Å². The number of nitrogens with zero attached hydrogens (tertiary/aromatic N) is 1. The lowest BCUT2D eigenvalue weighted by atomic mass is 9.84. The molecule has 0 spiro atoms. The van der Waals surface area contributed by atoms with Crippen molar-refractivity contribution in [1.29, 1.82) is 0 Å². The van der Waals surface area contributed by atoms with Gasteiger partial charge in [-0.25, -0.2) is 4.79 Å². The summed E-state index contributed by atoms with van der Waals surface area (Å²) >= 11 is 3.50. The number of fused-ring (bicyclic) bond motifs is 5. The summed E-state index contributed by atoms with van der Waals surface area (Å²) in [7, 11) is 0. The van der Waals surface area contributed by atoms with Gasteiger partial charge in [-0.2, -0.15) is 0 Å². The molecule has 146 valence electrons. The molecule has 0 aliphatic carbocycles. The van der Waals surface area contributed by atoms with Crippen LogP contribution in [0.2, 0.25) is 0 Å². The van der Waals surface area contributed by atoms with Crippen molar-refractivity contribution in [3.63, 3.8) is 0 Å². The van der Waals surface area contributed by atoms with E-state index in [2.05, 4.69) is 68.4 Å². The molecule has 5 rings (SSSR count). The summed E-state index contributed by atoms with van der Waals surface area (Å²) in [4.78, 5) is 18.9. The molecule has 0 fully saturated rings. The maximum absolute atomic E-state index is 13.2. The van der Waals surface area contributed by atoms with Crippen LogP contribution in [0, 0.1) is 0 Å². The van der Waals surface area contributed by atoms with E-state index in [9.17, 15) is 4.79 Å². The highest BCUT2D eigenvalue weighted by atomic mass is 79.9. The molecule has 1 N–H and O–H groups in total. The van der Waals surface area contributed by atoms with Gasteiger partial charge in [0.05, 0.1) is 23.6 Å². The molecule has 3 aromatic rings. The fraction of sp³-hybridized carbons (Fsp3) is 0.208. The average Bonchev–Trinajstić information content (AvgIpc) is 3.12. The largest absolute Gasteiger partial charge is 0.463 e. The van der Waals surface area contributed by atoms with Crippen molar-refractivity contribution < 1.29 is 9.53 Å². The van der Waals surface area contributed by atoms with Crippen LogP contribution in [0.15, 0.2) is 70.9 Å². The number of nitrogens with one attached hydrogen (secondary N) is 1. The molecule has 1 aromatic heterocycles. The summed E-state index contributed by atoms with van der Waals surface area (Å²) in [5.41, 5.74) is 6.12. The summed E-state index contributed by atoms with van der Waals surface area (Å²) in [6.45, 7) is 3.05. The number of H-pyrrole nitrogens is 1. The summed E-state index contributed by atoms with van der Waals surface area (Å²) in [5.74, 6) is -0.401. The number of ether oxygens (including phenoxy) is 1. The van der Waals surface area contributed by atoms with Crippen LogP contribution in [0.5, 0.6) is 0 Å². The number of carbonyl (C=O) groups is 1. The molecular weight excluding hydrogens is 428 g/mol. The number of benzene rings is 2. The van der Waals surface area contributed by atoms with E-state index in [1.807, 2.05) is 25.1 Å². The second-order valence-corrected chi connectivity index (χ2v) is 8.24. The zero-order valence-corrected chi connectivity index (χ0v) is 17.7. The first-order valence-electron chi connectivity index (χ1n) is 9.89. The zero-order valence-electron chi connectivity index (χ0n) is 16.1. The normalized spacial score (nSPS) is 18.0. The fourth-order valence-corrected chi connectivity index (χ4v) is 4.67. The van der Waals surface area contributed by atoms with Crippen LogP contribution in [0.4, 0.5) is 0 Å². The maximum Gasteiger partial charge on any atom is 0.337 e. The van der Waals surface area contributed by atoms with Gasteiger partial charge in [-0.05, 0) is 42.7 Å². The zero-order chi connectivity index (χ0) is 20.0. The van der Waals surface area contributed by atoms with Gasteiger partial charge < -0.3 is 14.6 Å². The molecule has 3 heterocycles. The molecule has 2 aliphatic rings. The number of carbonyl (C=O) groups excluding carboxylic acids is 1. The summed E-state index contributed by atoms with van der Waals surface area (Å²) in [5, 5.41) is 1.23. The second kappa shape index (κ2) is 7.23. The molecule has 0 bridgehead atoms. The quantitative estimate of drug-likeness (QED) is 0.547. The van der Waals surface area contributed by atoms with Gasteiger partial charge in [-0.3, -0.25) is 0 Å². The minimum absolute atomic E-state index is 0.147. The molecule has 29 heavy (non-hydrogen) atoms. The molecule has 0 saturated carbocycles. The van der Waals surface area contributed by atoms with E-state index in [1.54, 1.807) is 0 Å². The molecule has 0 amide bonds. The van der Waals surface area contributed by atoms with Crippen LogP contribution < -0.4 is 0 Å². The highest BCUT2D eigenvalue weighted by molar-refractivity contribution is 9.10. The standard InChI is InChI=1S/C24H21BrN2O2/c1-2-29-24(28)21-17(15-7-9-16(25)10-8-15)11-13-27-14-12-19-18-5-3-4-6-20(18)26-22(19)23(21)27/h3-11,13,17,26H,2,12,14H2,1H3/t17-/m0/s1. The summed E-state index contributed by atoms with van der Waals surface area (Å²) in [6.07, 6.45) is 5.15. The Morgan fingerprint density at radius 1 is 1.21 bits per heavy atom. The van der Waals surface area contributed by atoms with Crippen molar-refractivity contribution in [3.05, 3.63) is 87.7 Å². The van der Waals surface area contributed by atoms with Crippen molar-refractivity contribution in [2.45, 2.75) is 19.3 Å². The van der Waals surface area contributed by atoms with E-state index >= 15 is 0 Å². The first-order valence-corrected chi connectivity index (χ1v) is 10.7. The molecular formula is C24H21BrN2O2. The average molecular weight is 449 g/mol. The SMILES string of the molecule is CCOC(=O)C1=C2c3[nH]c4ccccc4c3CCN2C=C[C@H]1c1ccc(Br)cc1. The van der Waals surface area contributed by atoms with Crippen LogP contribution >= 0.6 is 15.9 Å². The first kappa shape index (κ1) is 18.3. The molecule has 0 saturated heterocycles. The van der Waals surface area contributed by atoms with E-state index < -0.39 is 0 Å². The van der Waals surface area contributed by atoms with E-state index in [1.165, 1.54) is 10.9 Å². The van der Waals surface area contributed by atoms with E-state index in [0.29, 0.717) is 12.2 Å². The minimum atomic E-state index is -0.253. The Labute approximate surface area is 178 Å². The molecule has 5 heteroatoms. The van der Waals surface area contributed by atoms with Crippen molar-refractivity contribution in [2.24, 2.45) is 0 Å². The predicted octanol–water partition coefficient (Wildman–Crippen LogP) is 5.37. The molecule has 0 unspecified atom stereocenters. The Morgan fingerprint density at radius 2 is 2.00 bits per heavy atom. The van der Waals surface area contributed by atoms with Crippen molar-refractivity contribution >= 4 is 38.5 Å². The van der Waals surface area contributed by atoms with Crippen LogP contribution in [0.25, 0.3) is 16.6 Å². The molecule has 2 aromatic carbocycles. The second-order valence-electron chi connectivity index (χ2n) is 7.32. The topological polar surface area (TPSA) is 45.3 Å². The van der Waals surface area contributed by atoms with Gasteiger partial charge in [0.2, 0.25) is 0 Å². The van der Waals surface area contributed by atoms with Crippen molar-refractivity contribution in [1.82, 2.24) is 9.88 Å². The van der Waals surface area contributed by atoms with Gasteiger partial charge in [0.15, 0.2) is 0 Å². The fourth-order valence-electron chi connectivity index (χ4n) is 4.40. The van der Waals surface area contributed by atoms with E-state index in [0.717, 1.165) is 39.9 Å². The number of aromatic amines is 1. The Hall–Kier alpha value is -2.79. The molecule has 0 radical (unpaired) electrons. The molecule has 2 aliphatic heterocycles. The van der Waals surface area contributed by atoms with Gasteiger partial charge in [-0.15, -0.1) is 0 Å². The van der Waals surface area contributed by atoms with Crippen LogP contribution in [-0.4, -0.2) is 29.0 Å². The number of para-hydroxylation sites is 1. The Balaban J connectivity index is 1.74. The van der Waals surface area contributed by atoms with Crippen LogP contribution in [0.1, 0.15) is 29.7 Å². The summed E-state index contributed by atoms with van der Waals surface area (Å²) in [6, 6.07) is 16.5. The third-order valence-electron chi connectivity index (χ3n) is 5.69. The van der Waals surface area contributed by atoms with Gasteiger partial charge >= 0.3 is 5.97 Å². The van der Waals surface area contributed by atoms with Crippen molar-refractivity contribution in [2.75, 3.05) is 13.2 Å². The lowest BCUT2D eigenvalue weighted by Gasteiger charge is -2.35. The van der Waals surface area contributed by atoms with E-state index in [4.69, 9.17) is 4.74 Å². The number of rotatable bonds is 3. The number of hydrogen-bond acceptors (Lipinski definition) is 3. The Bertz CT molecular complexity index is 1160. The molecule has 1 atom stereocenters. The lowest BCUT2D eigenvalue weighted by molar-refractivity contribution is -0.138. The molecule has 4 nitrogen and oxygen atoms in total. The predicted molar refractivity (Wildman–Crippen MR) is 118 cm³/mol. The Kier molecular flexibility index (Phi) is 4.55. The minimum Gasteiger partial charge on any atom is -0.463 e. The lowest BCUT2D eigenvalue weighted by Crippen LogP contribution is -2.32. The van der Waals surface area contributed by atoms with Gasteiger partial charge in [-0.1, -0.05) is 52.3 Å². The maximum atomic E-state index is 13.2. The highest BCUT2D eigenvalue weighted by Crippen LogP contribution is 2.43. The number of hydrogen-bond donors (Lipinski definition) is 1.